The second kappa shape index (κ2) is 7.57. The molecule has 0 fully saturated rings. The molecule has 0 saturated heterocycles. The number of nitrogens with one attached hydrogen (secondary N) is 2. The van der Waals surface area contributed by atoms with E-state index in [-0.39, 0.29) is 24.3 Å². The molecule has 1 atom stereocenters. The molecule has 0 spiro atoms. The highest BCUT2D eigenvalue weighted by atomic mass is 32.1. The number of aryl methyl sites for hydroxylation is 2. The molecule has 0 bridgehead atoms. The van der Waals surface area contributed by atoms with Gasteiger partial charge in [-0.3, -0.25) is 9.59 Å². The number of carbonyl (C=O) groups excluding carboxylic acids is 2. The maximum Gasteiger partial charge on any atom is 0.228 e. The van der Waals surface area contributed by atoms with Crippen molar-refractivity contribution < 1.29 is 9.59 Å². The van der Waals surface area contributed by atoms with Crippen LogP contribution in [-0.2, 0) is 22.4 Å². The molecule has 2 aromatic rings. The van der Waals surface area contributed by atoms with Gasteiger partial charge in [0.1, 0.15) is 0 Å². The van der Waals surface area contributed by atoms with E-state index in [4.69, 9.17) is 0 Å². The first-order valence-electron chi connectivity index (χ1n) is 8.22. The quantitative estimate of drug-likeness (QED) is 0.875. The molecule has 0 saturated carbocycles. The number of amides is 2. The fraction of sp³-hybridized carbons (Fsp3) is 0.389. The number of fused-ring (bicyclic) bond motifs is 1. The van der Waals surface area contributed by atoms with Gasteiger partial charge in [0.25, 0.3) is 0 Å². The molecule has 0 aliphatic heterocycles. The van der Waals surface area contributed by atoms with Crippen LogP contribution in [0.25, 0.3) is 0 Å². The average Bonchev–Trinajstić information content (AvgIpc) is 2.96. The van der Waals surface area contributed by atoms with Gasteiger partial charge in [-0.1, -0.05) is 30.3 Å². The number of nitrogens with zero attached hydrogens (tertiary/aromatic N) is 1. The summed E-state index contributed by atoms with van der Waals surface area (Å²) in [6.45, 7) is 1.46. The van der Waals surface area contributed by atoms with Gasteiger partial charge in [0, 0.05) is 11.8 Å². The number of rotatable bonds is 5. The van der Waals surface area contributed by atoms with Crippen LogP contribution in [-0.4, -0.2) is 16.8 Å². The Morgan fingerprint density at radius 3 is 2.67 bits per heavy atom. The van der Waals surface area contributed by atoms with Crippen LogP contribution >= 0.6 is 11.3 Å². The Hall–Kier alpha value is -2.21. The largest absolute Gasteiger partial charge is 0.349 e. The van der Waals surface area contributed by atoms with E-state index < -0.39 is 0 Å². The van der Waals surface area contributed by atoms with Crippen molar-refractivity contribution in [3.8, 4) is 0 Å². The van der Waals surface area contributed by atoms with E-state index in [2.05, 4.69) is 15.6 Å². The van der Waals surface area contributed by atoms with Crippen molar-refractivity contribution in [2.24, 2.45) is 0 Å². The van der Waals surface area contributed by atoms with Gasteiger partial charge in [-0.05, 0) is 31.2 Å². The molecule has 1 heterocycles. The number of hydrogen-bond donors (Lipinski definition) is 2. The van der Waals surface area contributed by atoms with Crippen LogP contribution in [0.1, 0.15) is 48.4 Å². The van der Waals surface area contributed by atoms with E-state index in [0.29, 0.717) is 5.13 Å². The van der Waals surface area contributed by atoms with Crippen molar-refractivity contribution in [3.05, 3.63) is 46.5 Å². The van der Waals surface area contributed by atoms with E-state index in [1.807, 2.05) is 30.3 Å². The summed E-state index contributed by atoms with van der Waals surface area (Å²) in [6.07, 6.45) is 4.61. The van der Waals surface area contributed by atoms with Crippen molar-refractivity contribution in [3.63, 3.8) is 0 Å². The molecule has 126 valence electrons. The van der Waals surface area contributed by atoms with E-state index >= 15 is 0 Å². The summed E-state index contributed by atoms with van der Waals surface area (Å²) >= 11 is 1.57. The molecule has 1 aliphatic rings. The highest BCUT2D eigenvalue weighted by Crippen LogP contribution is 2.30. The van der Waals surface area contributed by atoms with Gasteiger partial charge in [-0.25, -0.2) is 4.98 Å². The van der Waals surface area contributed by atoms with Gasteiger partial charge < -0.3 is 10.6 Å². The third kappa shape index (κ3) is 4.20. The Morgan fingerprint density at radius 1 is 1.21 bits per heavy atom. The van der Waals surface area contributed by atoms with Gasteiger partial charge >= 0.3 is 0 Å². The van der Waals surface area contributed by atoms with Crippen molar-refractivity contribution in [2.45, 2.75) is 45.1 Å². The van der Waals surface area contributed by atoms with Crippen molar-refractivity contribution >= 4 is 28.3 Å². The molecular formula is C18H21N3O2S. The standard InChI is InChI=1S/C18H21N3O2S/c1-12(22)19-15(13-7-3-2-4-8-13)11-17(23)21-18-20-14-9-5-6-10-16(14)24-18/h2-4,7-8,15H,5-6,9-11H2,1H3,(H,19,22)(H,20,21,23). The minimum atomic E-state index is -0.335. The predicted octanol–water partition coefficient (Wildman–Crippen LogP) is 3.23. The Labute approximate surface area is 145 Å². The summed E-state index contributed by atoms with van der Waals surface area (Å²) in [6, 6.07) is 9.20. The summed E-state index contributed by atoms with van der Waals surface area (Å²) in [5.74, 6) is -0.287. The number of aromatic nitrogens is 1. The predicted molar refractivity (Wildman–Crippen MR) is 95.0 cm³/mol. The SMILES string of the molecule is CC(=O)NC(CC(=O)Nc1nc2c(s1)CCCC2)c1ccccc1. The number of hydrogen-bond acceptors (Lipinski definition) is 4. The smallest absolute Gasteiger partial charge is 0.228 e. The first kappa shape index (κ1) is 16.6. The Morgan fingerprint density at radius 2 is 1.96 bits per heavy atom. The van der Waals surface area contributed by atoms with Crippen LogP contribution in [0, 0.1) is 0 Å². The summed E-state index contributed by atoms with van der Waals surface area (Å²) in [4.78, 5) is 29.7. The molecule has 5 nitrogen and oxygen atoms in total. The van der Waals surface area contributed by atoms with Crippen molar-refractivity contribution in [1.29, 1.82) is 0 Å². The summed E-state index contributed by atoms with van der Waals surface area (Å²) < 4.78 is 0. The van der Waals surface area contributed by atoms with Crippen molar-refractivity contribution in [1.82, 2.24) is 10.3 Å². The normalized spacial score (nSPS) is 14.5. The Balaban J connectivity index is 1.67. The molecule has 0 radical (unpaired) electrons. The highest BCUT2D eigenvalue weighted by molar-refractivity contribution is 7.15. The second-order valence-electron chi connectivity index (χ2n) is 6.01. The van der Waals surface area contributed by atoms with Crippen LogP contribution in [0.2, 0.25) is 0 Å². The highest BCUT2D eigenvalue weighted by Gasteiger charge is 2.20. The fourth-order valence-corrected chi connectivity index (χ4v) is 4.01. The minimum absolute atomic E-state index is 0.135. The maximum absolute atomic E-state index is 12.4. The molecule has 3 rings (SSSR count). The Kier molecular flexibility index (Phi) is 5.25. The fourth-order valence-electron chi connectivity index (χ4n) is 2.94. The third-order valence-electron chi connectivity index (χ3n) is 4.06. The van der Waals surface area contributed by atoms with Crippen LogP contribution in [0.4, 0.5) is 5.13 Å². The lowest BCUT2D eigenvalue weighted by molar-refractivity contribution is -0.120. The number of anilines is 1. The van der Waals surface area contributed by atoms with Gasteiger partial charge in [0.2, 0.25) is 11.8 Å². The molecule has 1 unspecified atom stereocenters. The molecule has 1 aromatic heterocycles. The van der Waals surface area contributed by atoms with Gasteiger partial charge in [-0.15, -0.1) is 11.3 Å². The number of benzene rings is 1. The lowest BCUT2D eigenvalue weighted by Gasteiger charge is -2.17. The monoisotopic (exact) mass is 343 g/mol. The van der Waals surface area contributed by atoms with Gasteiger partial charge in [-0.2, -0.15) is 0 Å². The molecule has 24 heavy (non-hydrogen) atoms. The molecule has 1 aliphatic carbocycles. The maximum atomic E-state index is 12.4. The molecule has 1 aromatic carbocycles. The topological polar surface area (TPSA) is 71.1 Å². The van der Waals surface area contributed by atoms with Crippen LogP contribution in [0.5, 0.6) is 0 Å². The molecule has 6 heteroatoms. The Bertz CT molecular complexity index is 704. The molecule has 2 N–H and O–H groups in total. The minimum Gasteiger partial charge on any atom is -0.349 e. The van der Waals surface area contributed by atoms with E-state index in [0.717, 1.165) is 24.1 Å². The summed E-state index contributed by atoms with van der Waals surface area (Å²) in [5, 5.41) is 6.40. The van der Waals surface area contributed by atoms with Gasteiger partial charge in [0.05, 0.1) is 18.2 Å². The van der Waals surface area contributed by atoms with Crippen LogP contribution < -0.4 is 10.6 Å². The van der Waals surface area contributed by atoms with Crippen molar-refractivity contribution in [2.75, 3.05) is 5.32 Å². The zero-order valence-corrected chi connectivity index (χ0v) is 14.5. The lowest BCUT2D eigenvalue weighted by Crippen LogP contribution is -2.29. The number of carbonyl (C=O) groups is 2. The first-order chi connectivity index (χ1) is 11.6. The van der Waals surface area contributed by atoms with Crippen LogP contribution in [0.15, 0.2) is 30.3 Å². The van der Waals surface area contributed by atoms with E-state index in [1.165, 1.54) is 24.6 Å². The number of thiazole rings is 1. The van der Waals surface area contributed by atoms with E-state index in [9.17, 15) is 9.59 Å². The lowest BCUT2D eigenvalue weighted by atomic mass is 10.0. The van der Waals surface area contributed by atoms with Gasteiger partial charge in [0.15, 0.2) is 5.13 Å². The third-order valence-corrected chi connectivity index (χ3v) is 5.13. The molecule has 2 amide bonds. The average molecular weight is 343 g/mol. The van der Waals surface area contributed by atoms with E-state index in [1.54, 1.807) is 11.3 Å². The zero-order chi connectivity index (χ0) is 16.9. The summed E-state index contributed by atoms with van der Waals surface area (Å²) in [7, 11) is 0. The first-order valence-corrected chi connectivity index (χ1v) is 9.04. The van der Waals surface area contributed by atoms with Crippen LogP contribution in [0.3, 0.4) is 0 Å². The second-order valence-corrected chi connectivity index (χ2v) is 7.10. The zero-order valence-electron chi connectivity index (χ0n) is 13.7. The summed E-state index contributed by atoms with van der Waals surface area (Å²) in [5.41, 5.74) is 2.05. The molecular weight excluding hydrogens is 322 g/mol.